The van der Waals surface area contributed by atoms with Crippen LogP contribution in [-0.4, -0.2) is 45.1 Å². The minimum atomic E-state index is -0.883. The number of hydrogen-bond donors (Lipinski definition) is 1. The number of aromatic hydroxyl groups is 1. The van der Waals surface area contributed by atoms with Gasteiger partial charge in [0.05, 0.1) is 25.0 Å². The van der Waals surface area contributed by atoms with Crippen LogP contribution >= 0.6 is 0 Å². The minimum absolute atomic E-state index is 0.0609. The Morgan fingerprint density at radius 1 is 1.06 bits per heavy atom. The summed E-state index contributed by atoms with van der Waals surface area (Å²) in [5.41, 5.74) is 1.25. The van der Waals surface area contributed by atoms with Crippen molar-refractivity contribution in [3.63, 3.8) is 0 Å². The lowest BCUT2D eigenvalue weighted by Gasteiger charge is -2.20. The SMILES string of the molecule is CCOC(=O)c1cn([C@@H](Cc2ccc(O)cc2)C(=O)OC)cc2c(=O)n(-c3ccccc3)nc1-2. The smallest absolute Gasteiger partial charge is 0.341 e. The van der Waals surface area contributed by atoms with E-state index in [4.69, 9.17) is 9.47 Å². The summed E-state index contributed by atoms with van der Waals surface area (Å²) >= 11 is 0. The molecular weight excluding hydrogens is 438 g/mol. The number of phenolic OH excluding ortho intramolecular Hbond substituents is 1. The maximum absolute atomic E-state index is 13.3. The van der Waals surface area contributed by atoms with Gasteiger partial charge in [-0.2, -0.15) is 9.78 Å². The van der Waals surface area contributed by atoms with E-state index in [0.717, 1.165) is 5.56 Å². The molecule has 9 heteroatoms. The second-order valence-electron chi connectivity index (χ2n) is 7.56. The molecule has 0 aliphatic carbocycles. The van der Waals surface area contributed by atoms with Crippen molar-refractivity contribution in [1.82, 2.24) is 14.3 Å². The highest BCUT2D eigenvalue weighted by molar-refractivity contribution is 5.96. The van der Waals surface area contributed by atoms with Crippen molar-refractivity contribution in [3.8, 4) is 22.7 Å². The van der Waals surface area contributed by atoms with Gasteiger partial charge in [-0.1, -0.05) is 30.3 Å². The number of carbonyl (C=O) groups excluding carboxylic acids is 2. The van der Waals surface area contributed by atoms with Gasteiger partial charge >= 0.3 is 11.9 Å². The summed E-state index contributed by atoms with van der Waals surface area (Å²) in [6.45, 7) is 1.81. The van der Waals surface area contributed by atoms with Crippen molar-refractivity contribution < 1.29 is 24.2 Å². The van der Waals surface area contributed by atoms with E-state index in [1.807, 2.05) is 6.07 Å². The molecule has 4 rings (SSSR count). The van der Waals surface area contributed by atoms with Crippen molar-refractivity contribution >= 4 is 11.9 Å². The van der Waals surface area contributed by atoms with Crippen LogP contribution in [0.4, 0.5) is 0 Å². The fraction of sp³-hybridized carbons (Fsp3) is 0.200. The first-order chi connectivity index (χ1) is 16.4. The number of fused-ring (bicyclic) bond motifs is 1. The molecule has 0 fully saturated rings. The molecule has 0 saturated heterocycles. The Bertz CT molecular complexity index is 1340. The fourth-order valence-electron chi connectivity index (χ4n) is 3.71. The number of phenols is 1. The average Bonchev–Trinajstić information content (AvgIpc) is 3.19. The van der Waals surface area contributed by atoms with Gasteiger partial charge in [-0.15, -0.1) is 0 Å². The number of aromatic nitrogens is 3. The Kier molecular flexibility index (Phi) is 6.44. The van der Waals surface area contributed by atoms with Gasteiger partial charge in [0.2, 0.25) is 0 Å². The van der Waals surface area contributed by atoms with Gasteiger partial charge in [-0.3, -0.25) is 4.79 Å². The quantitative estimate of drug-likeness (QED) is 0.421. The maximum Gasteiger partial charge on any atom is 0.341 e. The van der Waals surface area contributed by atoms with E-state index in [1.54, 1.807) is 43.3 Å². The van der Waals surface area contributed by atoms with Crippen LogP contribution in [0, 0.1) is 0 Å². The maximum atomic E-state index is 13.3. The molecule has 2 aromatic carbocycles. The van der Waals surface area contributed by atoms with Crippen LogP contribution in [-0.2, 0) is 20.7 Å². The van der Waals surface area contributed by atoms with Crippen molar-refractivity contribution in [3.05, 3.63) is 88.5 Å². The minimum Gasteiger partial charge on any atom is -0.508 e. The molecule has 1 atom stereocenters. The van der Waals surface area contributed by atoms with Crippen molar-refractivity contribution in [1.29, 1.82) is 0 Å². The van der Waals surface area contributed by atoms with Crippen molar-refractivity contribution in [2.45, 2.75) is 19.4 Å². The second kappa shape index (κ2) is 9.62. The van der Waals surface area contributed by atoms with Crippen LogP contribution in [0.2, 0.25) is 0 Å². The van der Waals surface area contributed by atoms with Crippen molar-refractivity contribution in [2.24, 2.45) is 0 Å². The van der Waals surface area contributed by atoms with Crippen LogP contribution in [0.3, 0.4) is 0 Å². The molecule has 2 aliphatic rings. The number of carbonyl (C=O) groups is 2. The van der Waals surface area contributed by atoms with E-state index in [9.17, 15) is 19.5 Å². The summed E-state index contributed by atoms with van der Waals surface area (Å²) < 4.78 is 12.9. The number of para-hydroxylation sites is 1. The molecule has 0 unspecified atom stereocenters. The highest BCUT2D eigenvalue weighted by atomic mass is 16.5. The first kappa shape index (κ1) is 22.8. The number of benzene rings is 2. The van der Waals surface area contributed by atoms with Gasteiger partial charge < -0.3 is 19.1 Å². The Hall–Kier alpha value is -4.40. The predicted molar refractivity (Wildman–Crippen MR) is 123 cm³/mol. The highest BCUT2D eigenvalue weighted by Crippen LogP contribution is 2.27. The van der Waals surface area contributed by atoms with Gasteiger partial charge in [-0.25, -0.2) is 9.59 Å². The molecule has 0 bridgehead atoms. The largest absolute Gasteiger partial charge is 0.508 e. The summed E-state index contributed by atoms with van der Waals surface area (Å²) in [5.74, 6) is -1.12. The number of nitrogens with zero attached hydrogens (tertiary/aromatic N) is 3. The van der Waals surface area contributed by atoms with E-state index in [0.29, 0.717) is 5.69 Å². The van der Waals surface area contributed by atoms with E-state index >= 15 is 0 Å². The summed E-state index contributed by atoms with van der Waals surface area (Å²) in [6, 6.07) is 14.3. The summed E-state index contributed by atoms with van der Waals surface area (Å²) in [4.78, 5) is 38.8. The van der Waals surface area contributed by atoms with Gasteiger partial charge in [0.15, 0.2) is 0 Å². The summed E-state index contributed by atoms with van der Waals surface area (Å²) in [7, 11) is 1.27. The number of ether oxygens (including phenoxy) is 2. The number of hydrogen-bond acceptors (Lipinski definition) is 7. The van der Waals surface area contributed by atoms with Gasteiger partial charge in [0.25, 0.3) is 5.56 Å². The van der Waals surface area contributed by atoms with Crippen LogP contribution < -0.4 is 5.56 Å². The average molecular weight is 461 g/mol. The van der Waals surface area contributed by atoms with Crippen LogP contribution in [0.1, 0.15) is 28.9 Å². The Labute approximate surface area is 195 Å². The van der Waals surface area contributed by atoms with Crippen LogP contribution in [0.5, 0.6) is 5.75 Å². The molecule has 34 heavy (non-hydrogen) atoms. The normalized spacial score (nSPS) is 11.8. The first-order valence-electron chi connectivity index (χ1n) is 10.7. The first-order valence-corrected chi connectivity index (χ1v) is 10.7. The molecule has 0 aromatic heterocycles. The lowest BCUT2D eigenvalue weighted by atomic mass is 10.0. The molecule has 0 amide bonds. The van der Waals surface area contributed by atoms with Gasteiger partial charge in [-0.05, 0) is 36.8 Å². The molecule has 1 N–H and O–H groups in total. The van der Waals surface area contributed by atoms with Gasteiger partial charge in [0.1, 0.15) is 23.0 Å². The number of esters is 2. The second-order valence-corrected chi connectivity index (χ2v) is 7.56. The van der Waals surface area contributed by atoms with E-state index < -0.39 is 23.5 Å². The molecule has 0 radical (unpaired) electrons. The molecule has 2 heterocycles. The highest BCUT2D eigenvalue weighted by Gasteiger charge is 2.29. The number of rotatable bonds is 7. The Balaban J connectivity index is 1.90. The standard InChI is InChI=1S/C25H23N3O6/c1-3-34-24(31)20-15-27(21(25(32)33-2)13-16-9-11-18(29)12-10-16)14-19-22(20)26-28(23(19)30)17-7-5-4-6-8-17/h4-12,14-15,21,29H,3,13H2,1-2H3/t21-/m0/s1. The molecule has 174 valence electrons. The molecule has 9 nitrogen and oxygen atoms in total. The summed E-state index contributed by atoms with van der Waals surface area (Å²) in [5, 5.41) is 14.0. The zero-order valence-corrected chi connectivity index (χ0v) is 18.7. The molecular formula is C25H23N3O6. The number of pyridine rings is 1. The van der Waals surface area contributed by atoms with Crippen molar-refractivity contribution in [2.75, 3.05) is 13.7 Å². The molecule has 0 spiro atoms. The number of methoxy groups -OCH3 is 1. The van der Waals surface area contributed by atoms with Gasteiger partial charge in [0, 0.05) is 18.8 Å². The molecule has 2 aliphatic heterocycles. The zero-order valence-electron chi connectivity index (χ0n) is 18.7. The Morgan fingerprint density at radius 2 is 1.76 bits per heavy atom. The predicted octanol–water partition coefficient (Wildman–Crippen LogP) is 2.98. The third-order valence-electron chi connectivity index (χ3n) is 5.38. The van der Waals surface area contributed by atoms with Crippen LogP contribution in [0.25, 0.3) is 16.9 Å². The fourth-order valence-corrected chi connectivity index (χ4v) is 3.71. The van der Waals surface area contributed by atoms with E-state index in [2.05, 4.69) is 5.10 Å². The lowest BCUT2D eigenvalue weighted by molar-refractivity contribution is -0.144. The third-order valence-corrected chi connectivity index (χ3v) is 5.38. The zero-order chi connectivity index (χ0) is 24.2. The van der Waals surface area contributed by atoms with Crippen LogP contribution in [0.15, 0.2) is 71.8 Å². The van der Waals surface area contributed by atoms with E-state index in [1.165, 1.54) is 40.9 Å². The lowest BCUT2D eigenvalue weighted by Crippen LogP contribution is -2.25. The van der Waals surface area contributed by atoms with E-state index in [-0.39, 0.29) is 35.6 Å². The topological polar surface area (TPSA) is 113 Å². The summed E-state index contributed by atoms with van der Waals surface area (Å²) in [6.07, 6.45) is 3.14. The third kappa shape index (κ3) is 4.40. The molecule has 0 saturated carbocycles. The molecule has 2 aromatic rings. The Morgan fingerprint density at radius 3 is 2.41 bits per heavy atom. The monoisotopic (exact) mass is 461 g/mol.